The largest absolute Gasteiger partial charge is 0.335 e. The molecule has 3 rings (SSSR count). The third-order valence-electron chi connectivity index (χ3n) is 3.99. The number of nitrogens with zero attached hydrogens (tertiary/aromatic N) is 3. The number of nitrogens with two attached hydrogens (primary N) is 1. The fourth-order valence-electron chi connectivity index (χ4n) is 2.43. The Morgan fingerprint density at radius 1 is 1.14 bits per heavy atom. The number of nitrogens with one attached hydrogen (secondary N) is 1. The molecular weight excluding hydrogens is 442 g/mol. The van der Waals surface area contributed by atoms with Gasteiger partial charge < -0.3 is 11.2 Å². The molecule has 2 aromatic carbocycles. The lowest BCUT2D eigenvalue weighted by Gasteiger charge is -2.12. The molecular formula is C19H18BrN5O2S. The first-order chi connectivity index (χ1) is 13.4. The Balaban J connectivity index is 1.69. The molecule has 0 fully saturated rings. The summed E-state index contributed by atoms with van der Waals surface area (Å²) in [6, 6.07) is 14.3. The van der Waals surface area contributed by atoms with Crippen LogP contribution in [0.15, 0.2) is 58.2 Å². The summed E-state index contributed by atoms with van der Waals surface area (Å²) in [7, 11) is 0. The number of Topliss-reactive ketones (excluding diaryl/α,β-unsaturated/α-hetero) is 1. The number of nitrogen functional groups attached to an aromatic ring is 1. The van der Waals surface area contributed by atoms with E-state index in [1.165, 1.54) is 23.4 Å². The van der Waals surface area contributed by atoms with Gasteiger partial charge >= 0.3 is 0 Å². The first kappa shape index (κ1) is 20.1. The number of carbonyl (C=O) groups excluding carboxylic acids is 2. The molecule has 7 nitrogen and oxygen atoms in total. The zero-order valence-electron chi connectivity index (χ0n) is 15.2. The summed E-state index contributed by atoms with van der Waals surface area (Å²) in [6.07, 6.45) is 0. The van der Waals surface area contributed by atoms with E-state index in [-0.39, 0.29) is 11.7 Å². The molecule has 0 bridgehead atoms. The van der Waals surface area contributed by atoms with Crippen molar-refractivity contribution in [2.75, 3.05) is 11.2 Å². The van der Waals surface area contributed by atoms with Crippen molar-refractivity contribution in [3.8, 4) is 11.4 Å². The van der Waals surface area contributed by atoms with Crippen LogP contribution in [0, 0.1) is 0 Å². The minimum Gasteiger partial charge on any atom is -0.335 e. The Kier molecular flexibility index (Phi) is 6.15. The molecule has 144 valence electrons. The normalized spacial score (nSPS) is 11.8. The van der Waals surface area contributed by atoms with E-state index in [4.69, 9.17) is 5.84 Å². The molecule has 0 saturated carbocycles. The predicted octanol–water partition coefficient (Wildman–Crippen LogP) is 3.74. The van der Waals surface area contributed by atoms with Crippen LogP contribution in [0.2, 0.25) is 0 Å². The molecule has 0 spiro atoms. The summed E-state index contributed by atoms with van der Waals surface area (Å²) in [6.45, 7) is 3.26. The van der Waals surface area contributed by atoms with E-state index in [1.54, 1.807) is 31.2 Å². The zero-order valence-corrected chi connectivity index (χ0v) is 17.6. The quantitative estimate of drug-likeness (QED) is 0.330. The van der Waals surface area contributed by atoms with Crippen LogP contribution in [0.25, 0.3) is 11.4 Å². The van der Waals surface area contributed by atoms with Crippen LogP contribution in [0.5, 0.6) is 0 Å². The second-order valence-corrected chi connectivity index (χ2v) is 8.20. The molecule has 1 amide bonds. The van der Waals surface area contributed by atoms with E-state index >= 15 is 0 Å². The molecule has 1 atom stereocenters. The van der Waals surface area contributed by atoms with Gasteiger partial charge in [-0.25, -0.2) is 4.68 Å². The van der Waals surface area contributed by atoms with E-state index in [0.29, 0.717) is 22.2 Å². The Labute approximate surface area is 174 Å². The second kappa shape index (κ2) is 8.57. The van der Waals surface area contributed by atoms with Gasteiger partial charge in [-0.1, -0.05) is 39.8 Å². The minimum atomic E-state index is -0.453. The van der Waals surface area contributed by atoms with E-state index in [1.807, 2.05) is 24.3 Å². The number of amides is 1. The number of aromatic nitrogens is 3. The SMILES string of the molecule is CC(=O)c1ccc(NC(=O)C(C)Sc2nnc(-c3ccccc3Br)n2N)cc1. The summed E-state index contributed by atoms with van der Waals surface area (Å²) in [5.74, 6) is 6.41. The van der Waals surface area contributed by atoms with Gasteiger partial charge in [-0.3, -0.25) is 9.59 Å². The van der Waals surface area contributed by atoms with Crippen molar-refractivity contribution in [3.63, 3.8) is 0 Å². The molecule has 0 aliphatic rings. The van der Waals surface area contributed by atoms with Gasteiger partial charge in [0.15, 0.2) is 11.6 Å². The van der Waals surface area contributed by atoms with E-state index < -0.39 is 5.25 Å². The third kappa shape index (κ3) is 4.42. The lowest BCUT2D eigenvalue weighted by Crippen LogP contribution is -2.23. The first-order valence-electron chi connectivity index (χ1n) is 8.40. The first-order valence-corrected chi connectivity index (χ1v) is 10.1. The van der Waals surface area contributed by atoms with Gasteiger partial charge in [0.1, 0.15) is 0 Å². The maximum Gasteiger partial charge on any atom is 0.237 e. The van der Waals surface area contributed by atoms with E-state index in [2.05, 4.69) is 31.4 Å². The Morgan fingerprint density at radius 2 is 1.82 bits per heavy atom. The number of thioether (sulfide) groups is 1. The van der Waals surface area contributed by atoms with Gasteiger partial charge in [-0.15, -0.1) is 10.2 Å². The number of benzene rings is 2. The Bertz CT molecular complexity index is 1020. The standard InChI is InChI=1S/C19H18BrN5O2S/c1-11(26)13-7-9-14(10-8-13)22-18(27)12(2)28-19-24-23-17(25(19)21)15-5-3-4-6-16(15)20/h3-10,12H,21H2,1-2H3,(H,22,27). The van der Waals surface area contributed by atoms with Crippen LogP contribution < -0.4 is 11.2 Å². The maximum absolute atomic E-state index is 12.5. The van der Waals surface area contributed by atoms with Gasteiger partial charge in [-0.05, 0) is 50.2 Å². The molecule has 28 heavy (non-hydrogen) atoms. The monoisotopic (exact) mass is 459 g/mol. The summed E-state index contributed by atoms with van der Waals surface area (Å²) in [5.41, 5.74) is 2.02. The average Bonchev–Trinajstić information content (AvgIpc) is 3.03. The summed E-state index contributed by atoms with van der Waals surface area (Å²) >= 11 is 4.68. The fraction of sp³-hybridized carbons (Fsp3) is 0.158. The molecule has 0 aliphatic heterocycles. The zero-order chi connectivity index (χ0) is 20.3. The van der Waals surface area contributed by atoms with Crippen LogP contribution in [0.3, 0.4) is 0 Å². The van der Waals surface area contributed by atoms with Crippen LogP contribution in [-0.2, 0) is 4.79 Å². The second-order valence-electron chi connectivity index (χ2n) is 6.04. The molecule has 1 unspecified atom stereocenters. The van der Waals surface area contributed by atoms with Crippen molar-refractivity contribution in [2.24, 2.45) is 0 Å². The number of ketones is 1. The van der Waals surface area contributed by atoms with Gasteiger partial charge in [0.2, 0.25) is 11.1 Å². The van der Waals surface area contributed by atoms with Gasteiger partial charge in [0.25, 0.3) is 0 Å². The number of carbonyl (C=O) groups is 2. The highest BCUT2D eigenvalue weighted by atomic mass is 79.9. The highest BCUT2D eigenvalue weighted by Gasteiger charge is 2.20. The minimum absolute atomic E-state index is 0.0232. The predicted molar refractivity (Wildman–Crippen MR) is 114 cm³/mol. The number of anilines is 1. The highest BCUT2D eigenvalue weighted by Crippen LogP contribution is 2.29. The Morgan fingerprint density at radius 3 is 2.46 bits per heavy atom. The number of hydrogen-bond acceptors (Lipinski definition) is 6. The van der Waals surface area contributed by atoms with E-state index in [0.717, 1.165) is 10.0 Å². The van der Waals surface area contributed by atoms with Crippen molar-refractivity contribution in [3.05, 3.63) is 58.6 Å². The van der Waals surface area contributed by atoms with Crippen LogP contribution in [-0.4, -0.2) is 31.8 Å². The van der Waals surface area contributed by atoms with Gasteiger partial charge in [0.05, 0.1) is 5.25 Å². The number of halogens is 1. The van der Waals surface area contributed by atoms with Crippen LogP contribution in [0.1, 0.15) is 24.2 Å². The Hall–Kier alpha value is -2.65. The maximum atomic E-state index is 12.5. The molecule has 0 radical (unpaired) electrons. The van der Waals surface area contributed by atoms with Crippen molar-refractivity contribution in [2.45, 2.75) is 24.3 Å². The average molecular weight is 460 g/mol. The van der Waals surface area contributed by atoms with Crippen molar-refractivity contribution in [1.82, 2.24) is 14.9 Å². The molecule has 3 N–H and O–H groups in total. The summed E-state index contributed by atoms with van der Waals surface area (Å²) < 4.78 is 2.22. The lowest BCUT2D eigenvalue weighted by molar-refractivity contribution is -0.115. The summed E-state index contributed by atoms with van der Waals surface area (Å²) in [4.78, 5) is 23.8. The smallest absolute Gasteiger partial charge is 0.237 e. The third-order valence-corrected chi connectivity index (χ3v) is 5.74. The van der Waals surface area contributed by atoms with Crippen LogP contribution in [0.4, 0.5) is 5.69 Å². The summed E-state index contributed by atoms with van der Waals surface area (Å²) in [5, 5.41) is 11.0. The fourth-order valence-corrected chi connectivity index (χ4v) is 3.66. The number of hydrogen-bond donors (Lipinski definition) is 2. The molecule has 1 aromatic heterocycles. The highest BCUT2D eigenvalue weighted by molar-refractivity contribution is 9.10. The molecule has 3 aromatic rings. The number of rotatable bonds is 6. The van der Waals surface area contributed by atoms with Crippen molar-refractivity contribution >= 4 is 45.1 Å². The van der Waals surface area contributed by atoms with Gasteiger partial charge in [0, 0.05) is 21.3 Å². The van der Waals surface area contributed by atoms with Crippen molar-refractivity contribution in [1.29, 1.82) is 0 Å². The van der Waals surface area contributed by atoms with Crippen molar-refractivity contribution < 1.29 is 9.59 Å². The lowest BCUT2D eigenvalue weighted by atomic mass is 10.1. The topological polar surface area (TPSA) is 103 Å². The van der Waals surface area contributed by atoms with E-state index in [9.17, 15) is 9.59 Å². The molecule has 0 saturated heterocycles. The van der Waals surface area contributed by atoms with Crippen LogP contribution >= 0.6 is 27.7 Å². The molecule has 1 heterocycles. The molecule has 0 aliphatic carbocycles. The molecule has 9 heteroatoms. The van der Waals surface area contributed by atoms with Gasteiger partial charge in [-0.2, -0.15) is 0 Å².